The number of nitrogens with two attached hydrogens (primary N) is 1. The number of hydrogen-bond donors (Lipinski definition) is 1. The summed E-state index contributed by atoms with van der Waals surface area (Å²) in [6, 6.07) is 5.81. The molecule has 1 aromatic rings. The molecule has 0 fully saturated rings. The topological polar surface area (TPSA) is 43.1 Å². The summed E-state index contributed by atoms with van der Waals surface area (Å²) in [7, 11) is 0. The van der Waals surface area contributed by atoms with Gasteiger partial charge >= 0.3 is 0 Å². The van der Waals surface area contributed by atoms with Crippen LogP contribution in [-0.2, 0) is 0 Å². The molecule has 1 aromatic carbocycles. The SMILES string of the molecule is Cc1ccc(C)c(C(=O)CN)c1. The fraction of sp³-hybridized carbons (Fsp3) is 0.300. The fourth-order valence-electron chi connectivity index (χ4n) is 1.15. The van der Waals surface area contributed by atoms with Gasteiger partial charge in [0.15, 0.2) is 5.78 Å². The second-order valence-electron chi connectivity index (χ2n) is 2.95. The molecule has 1 rings (SSSR count). The normalized spacial score (nSPS) is 9.92. The van der Waals surface area contributed by atoms with Crippen molar-refractivity contribution in [3.05, 3.63) is 34.9 Å². The van der Waals surface area contributed by atoms with Crippen LogP contribution in [0.3, 0.4) is 0 Å². The van der Waals surface area contributed by atoms with Crippen LogP contribution in [0.25, 0.3) is 0 Å². The van der Waals surface area contributed by atoms with Crippen LogP contribution in [0, 0.1) is 13.8 Å². The summed E-state index contributed by atoms with van der Waals surface area (Å²) in [5.41, 5.74) is 8.11. The molecule has 0 aromatic heterocycles. The smallest absolute Gasteiger partial charge is 0.176 e. The second kappa shape index (κ2) is 3.50. The molecule has 64 valence electrons. The second-order valence-corrected chi connectivity index (χ2v) is 2.95. The van der Waals surface area contributed by atoms with Gasteiger partial charge < -0.3 is 5.73 Å². The Morgan fingerprint density at radius 2 is 2.08 bits per heavy atom. The van der Waals surface area contributed by atoms with Gasteiger partial charge in [-0.25, -0.2) is 0 Å². The van der Waals surface area contributed by atoms with E-state index < -0.39 is 0 Å². The monoisotopic (exact) mass is 163 g/mol. The lowest BCUT2D eigenvalue weighted by Gasteiger charge is -2.03. The van der Waals surface area contributed by atoms with Crippen LogP contribution in [0.15, 0.2) is 18.2 Å². The van der Waals surface area contributed by atoms with Crippen LogP contribution >= 0.6 is 0 Å². The third-order valence-corrected chi connectivity index (χ3v) is 1.88. The summed E-state index contributed by atoms with van der Waals surface area (Å²) in [5.74, 6) is 0.0104. The van der Waals surface area contributed by atoms with Crippen LogP contribution in [0.4, 0.5) is 0 Å². The van der Waals surface area contributed by atoms with Crippen LogP contribution in [0.5, 0.6) is 0 Å². The quantitative estimate of drug-likeness (QED) is 0.670. The molecule has 2 heteroatoms. The highest BCUT2D eigenvalue weighted by Crippen LogP contribution is 2.10. The molecule has 0 aliphatic heterocycles. The lowest BCUT2D eigenvalue weighted by atomic mass is 10.0. The van der Waals surface area contributed by atoms with Gasteiger partial charge in [0, 0.05) is 5.56 Å². The molecule has 0 bridgehead atoms. The van der Waals surface area contributed by atoms with Crippen LogP contribution < -0.4 is 5.73 Å². The van der Waals surface area contributed by atoms with E-state index in [0.717, 1.165) is 16.7 Å². The molecule has 0 aliphatic carbocycles. The number of carbonyl (C=O) groups is 1. The lowest BCUT2D eigenvalue weighted by Crippen LogP contribution is -2.14. The third kappa shape index (κ3) is 1.71. The molecule has 0 atom stereocenters. The largest absolute Gasteiger partial charge is 0.324 e. The van der Waals surface area contributed by atoms with Crippen molar-refractivity contribution in [1.82, 2.24) is 0 Å². The molecule has 0 radical (unpaired) electrons. The Morgan fingerprint density at radius 3 is 2.67 bits per heavy atom. The van der Waals surface area contributed by atoms with E-state index in [1.807, 2.05) is 32.0 Å². The van der Waals surface area contributed by atoms with Crippen LogP contribution in [0.2, 0.25) is 0 Å². The minimum absolute atomic E-state index is 0.0104. The lowest BCUT2D eigenvalue weighted by molar-refractivity contribution is 0.100. The highest BCUT2D eigenvalue weighted by Gasteiger charge is 2.05. The first kappa shape index (κ1) is 8.94. The van der Waals surface area contributed by atoms with E-state index in [2.05, 4.69) is 0 Å². The molecular weight excluding hydrogens is 150 g/mol. The van der Waals surface area contributed by atoms with E-state index >= 15 is 0 Å². The first-order valence-corrected chi connectivity index (χ1v) is 3.95. The predicted octanol–water partition coefficient (Wildman–Crippen LogP) is 1.44. The van der Waals surface area contributed by atoms with Crippen molar-refractivity contribution in [2.45, 2.75) is 13.8 Å². The maximum atomic E-state index is 11.3. The summed E-state index contributed by atoms with van der Waals surface area (Å²) in [5, 5.41) is 0. The molecule has 12 heavy (non-hydrogen) atoms. The fourth-order valence-corrected chi connectivity index (χ4v) is 1.15. The number of aryl methyl sites for hydroxylation is 2. The molecular formula is C10H13NO. The average molecular weight is 163 g/mol. The Hall–Kier alpha value is -1.15. The van der Waals surface area contributed by atoms with E-state index in [9.17, 15) is 4.79 Å². The minimum Gasteiger partial charge on any atom is -0.324 e. The molecule has 2 N–H and O–H groups in total. The maximum Gasteiger partial charge on any atom is 0.176 e. The Morgan fingerprint density at radius 1 is 1.42 bits per heavy atom. The minimum atomic E-state index is 0.0104. The zero-order chi connectivity index (χ0) is 9.14. The van der Waals surface area contributed by atoms with Crippen molar-refractivity contribution in [2.24, 2.45) is 5.73 Å². The number of benzene rings is 1. The van der Waals surface area contributed by atoms with E-state index in [-0.39, 0.29) is 12.3 Å². The van der Waals surface area contributed by atoms with Crippen LogP contribution in [0.1, 0.15) is 21.5 Å². The standard InChI is InChI=1S/C10H13NO/c1-7-3-4-8(2)9(5-7)10(12)6-11/h3-5H,6,11H2,1-2H3. The predicted molar refractivity (Wildman–Crippen MR) is 49.3 cm³/mol. The first-order chi connectivity index (χ1) is 5.65. The highest BCUT2D eigenvalue weighted by atomic mass is 16.1. The van der Waals surface area contributed by atoms with Gasteiger partial charge in [0.25, 0.3) is 0 Å². The number of ketones is 1. The number of carbonyl (C=O) groups excluding carboxylic acids is 1. The van der Waals surface area contributed by atoms with Crippen molar-refractivity contribution >= 4 is 5.78 Å². The van der Waals surface area contributed by atoms with Gasteiger partial charge in [0.2, 0.25) is 0 Å². The third-order valence-electron chi connectivity index (χ3n) is 1.88. The summed E-state index contributed by atoms with van der Waals surface area (Å²) < 4.78 is 0. The van der Waals surface area contributed by atoms with E-state index in [1.165, 1.54) is 0 Å². The number of hydrogen-bond acceptors (Lipinski definition) is 2. The molecule has 0 aliphatic rings. The van der Waals surface area contributed by atoms with Gasteiger partial charge in [-0.05, 0) is 25.5 Å². The molecule has 2 nitrogen and oxygen atoms in total. The molecule has 0 amide bonds. The van der Waals surface area contributed by atoms with Crippen molar-refractivity contribution < 1.29 is 4.79 Å². The van der Waals surface area contributed by atoms with Crippen LogP contribution in [-0.4, -0.2) is 12.3 Å². The molecule has 0 unspecified atom stereocenters. The Bertz CT molecular complexity index is 305. The number of rotatable bonds is 2. The van der Waals surface area contributed by atoms with Crippen molar-refractivity contribution in [3.8, 4) is 0 Å². The summed E-state index contributed by atoms with van der Waals surface area (Å²) >= 11 is 0. The van der Waals surface area contributed by atoms with Gasteiger partial charge in [-0.15, -0.1) is 0 Å². The zero-order valence-corrected chi connectivity index (χ0v) is 7.42. The number of Topliss-reactive ketones (excluding diaryl/α,β-unsaturated/α-hetero) is 1. The summed E-state index contributed by atoms with van der Waals surface area (Å²) in [4.78, 5) is 11.3. The van der Waals surface area contributed by atoms with Crippen molar-refractivity contribution in [1.29, 1.82) is 0 Å². The van der Waals surface area contributed by atoms with E-state index in [4.69, 9.17) is 5.73 Å². The molecule has 0 spiro atoms. The van der Waals surface area contributed by atoms with Gasteiger partial charge in [0.05, 0.1) is 6.54 Å². The Balaban J connectivity index is 3.13. The van der Waals surface area contributed by atoms with Gasteiger partial charge in [-0.1, -0.05) is 17.7 Å². The van der Waals surface area contributed by atoms with Crippen molar-refractivity contribution in [3.63, 3.8) is 0 Å². The zero-order valence-electron chi connectivity index (χ0n) is 7.42. The average Bonchev–Trinajstić information content (AvgIpc) is 2.08. The van der Waals surface area contributed by atoms with E-state index in [1.54, 1.807) is 0 Å². The highest BCUT2D eigenvalue weighted by molar-refractivity contribution is 5.98. The van der Waals surface area contributed by atoms with Gasteiger partial charge in [-0.3, -0.25) is 4.79 Å². The molecule has 0 saturated heterocycles. The van der Waals surface area contributed by atoms with Gasteiger partial charge in [-0.2, -0.15) is 0 Å². The Kier molecular flexibility index (Phi) is 2.61. The Labute approximate surface area is 72.4 Å². The molecule has 0 saturated carbocycles. The van der Waals surface area contributed by atoms with Gasteiger partial charge in [0.1, 0.15) is 0 Å². The van der Waals surface area contributed by atoms with E-state index in [0.29, 0.717) is 0 Å². The summed E-state index contributed by atoms with van der Waals surface area (Å²) in [6.07, 6.45) is 0. The molecule has 0 heterocycles. The summed E-state index contributed by atoms with van der Waals surface area (Å²) in [6.45, 7) is 3.97. The first-order valence-electron chi connectivity index (χ1n) is 3.95. The maximum absolute atomic E-state index is 11.3. The van der Waals surface area contributed by atoms with Crippen molar-refractivity contribution in [2.75, 3.05) is 6.54 Å².